The number of benzene rings is 1. The molecule has 2 unspecified atom stereocenters. The molecule has 2 aliphatic carbocycles. The van der Waals surface area contributed by atoms with Crippen molar-refractivity contribution in [3.63, 3.8) is 0 Å². The van der Waals surface area contributed by atoms with E-state index in [4.69, 9.17) is 19.2 Å². The number of carbonyl (C=O) groups is 1. The molecule has 8 atom stereocenters. The first kappa shape index (κ1) is 27.2. The second-order valence-corrected chi connectivity index (χ2v) is 12.0. The monoisotopic (exact) mass is 556 g/mol. The third-order valence-corrected chi connectivity index (χ3v) is 9.84. The molecule has 3 aromatic rings. The van der Waals surface area contributed by atoms with Gasteiger partial charge < -0.3 is 24.1 Å². The lowest BCUT2D eigenvalue weighted by molar-refractivity contribution is -0.241. The van der Waals surface area contributed by atoms with Gasteiger partial charge in [-0.05, 0) is 79.8 Å². The highest BCUT2D eigenvalue weighted by atomic mass is 16.6. The number of carbonyl (C=O) groups excluding carboxylic acids is 1. The second-order valence-electron chi connectivity index (χ2n) is 12.0. The minimum Gasteiger partial charge on any atom is -0.482 e. The molecule has 0 radical (unpaired) electrons. The van der Waals surface area contributed by atoms with Crippen LogP contribution in [0, 0.1) is 34.5 Å². The summed E-state index contributed by atoms with van der Waals surface area (Å²) in [4.78, 5) is 30.8. The zero-order chi connectivity index (χ0) is 29.1. The first-order chi connectivity index (χ1) is 19.6. The summed E-state index contributed by atoms with van der Waals surface area (Å²) < 4.78 is 18.5. The minimum absolute atomic E-state index is 0.0398. The third-order valence-electron chi connectivity index (χ3n) is 9.84. The number of ether oxygens (including phenoxy) is 2. The Hall–Kier alpha value is -4.00. The van der Waals surface area contributed by atoms with Crippen LogP contribution in [0.2, 0.25) is 0 Å². The molecule has 212 valence electrons. The molecule has 2 saturated carbocycles. The Morgan fingerprint density at radius 3 is 2.63 bits per heavy atom. The maximum Gasteiger partial charge on any atom is 0.345 e. The van der Waals surface area contributed by atoms with Crippen molar-refractivity contribution in [2.45, 2.75) is 63.9 Å². The SMILES string of the molecule is C[C@@H]1C2C[C@H](OC(=O)c3ccc(C#N)cc3)[C@@]3(C)Oc4cc(-c5cccnc5)oc(=O)c4[C@H](O)C3[C@@]2(C)CC[C@@H]1O. The summed E-state index contributed by atoms with van der Waals surface area (Å²) in [6, 6.07) is 13.3. The number of nitrogens with zero attached hydrogens (tertiary/aromatic N) is 2. The number of nitriles is 1. The lowest BCUT2D eigenvalue weighted by atomic mass is 9.46. The number of hydrogen-bond acceptors (Lipinski definition) is 9. The summed E-state index contributed by atoms with van der Waals surface area (Å²) in [5.74, 6) is -1.05. The molecule has 0 amide bonds. The van der Waals surface area contributed by atoms with E-state index in [1.165, 1.54) is 12.1 Å². The van der Waals surface area contributed by atoms with Crippen molar-refractivity contribution in [3.8, 4) is 23.1 Å². The molecular weight excluding hydrogens is 524 g/mol. The van der Waals surface area contributed by atoms with Crippen LogP contribution in [-0.4, -0.2) is 39.0 Å². The van der Waals surface area contributed by atoms with Crippen LogP contribution >= 0.6 is 0 Å². The summed E-state index contributed by atoms with van der Waals surface area (Å²) >= 11 is 0. The van der Waals surface area contributed by atoms with Gasteiger partial charge >= 0.3 is 11.6 Å². The molecular formula is C32H32N2O7. The van der Waals surface area contributed by atoms with Crippen LogP contribution in [0.3, 0.4) is 0 Å². The van der Waals surface area contributed by atoms with Crippen molar-refractivity contribution < 1.29 is 28.9 Å². The van der Waals surface area contributed by atoms with Gasteiger partial charge in [-0.25, -0.2) is 9.59 Å². The Kier molecular flexibility index (Phi) is 6.51. The number of rotatable bonds is 3. The van der Waals surface area contributed by atoms with Crippen molar-refractivity contribution in [2.24, 2.45) is 23.2 Å². The van der Waals surface area contributed by atoms with Gasteiger partial charge in [-0.3, -0.25) is 4.98 Å². The Labute approximate surface area is 237 Å². The Bertz CT molecular complexity index is 1580. The van der Waals surface area contributed by atoms with Crippen LogP contribution in [0.15, 0.2) is 64.1 Å². The van der Waals surface area contributed by atoms with Gasteiger partial charge in [0.05, 0.1) is 29.4 Å². The highest BCUT2D eigenvalue weighted by molar-refractivity contribution is 5.89. The van der Waals surface area contributed by atoms with E-state index in [0.29, 0.717) is 30.4 Å². The van der Waals surface area contributed by atoms with Gasteiger partial charge in [-0.15, -0.1) is 0 Å². The largest absolute Gasteiger partial charge is 0.482 e. The van der Waals surface area contributed by atoms with E-state index in [1.807, 2.05) is 19.9 Å². The molecule has 9 heteroatoms. The maximum atomic E-state index is 13.4. The Morgan fingerprint density at radius 2 is 1.95 bits per heavy atom. The number of pyridine rings is 1. The number of aromatic nitrogens is 1. The van der Waals surface area contributed by atoms with Gasteiger partial charge in [-0.2, -0.15) is 5.26 Å². The van der Waals surface area contributed by atoms with E-state index in [1.54, 1.807) is 42.7 Å². The highest BCUT2D eigenvalue weighted by Gasteiger charge is 2.67. The Morgan fingerprint density at radius 1 is 1.20 bits per heavy atom. The molecule has 41 heavy (non-hydrogen) atoms. The van der Waals surface area contributed by atoms with Gasteiger partial charge in [0, 0.05) is 29.9 Å². The molecule has 2 N–H and O–H groups in total. The zero-order valence-electron chi connectivity index (χ0n) is 23.1. The predicted octanol–water partition coefficient (Wildman–Crippen LogP) is 4.42. The normalized spacial score (nSPS) is 33.8. The van der Waals surface area contributed by atoms with Gasteiger partial charge in [0.1, 0.15) is 28.8 Å². The van der Waals surface area contributed by atoms with Gasteiger partial charge in [0.25, 0.3) is 0 Å². The number of esters is 1. The molecule has 3 heterocycles. The van der Waals surface area contributed by atoms with Crippen LogP contribution in [0.4, 0.5) is 0 Å². The number of aliphatic hydroxyl groups is 2. The minimum atomic E-state index is -1.26. The summed E-state index contributed by atoms with van der Waals surface area (Å²) in [6.07, 6.45) is 2.14. The molecule has 2 fully saturated rings. The molecule has 6 rings (SSSR count). The average Bonchev–Trinajstić information content (AvgIpc) is 2.96. The van der Waals surface area contributed by atoms with E-state index < -0.39 is 46.8 Å². The summed E-state index contributed by atoms with van der Waals surface area (Å²) in [6.45, 7) is 5.88. The predicted molar refractivity (Wildman–Crippen MR) is 147 cm³/mol. The maximum absolute atomic E-state index is 13.4. The zero-order valence-corrected chi connectivity index (χ0v) is 23.1. The number of aliphatic hydroxyl groups excluding tert-OH is 2. The molecule has 2 aromatic heterocycles. The van der Waals surface area contributed by atoms with E-state index in [-0.39, 0.29) is 34.5 Å². The molecule has 3 aliphatic rings. The molecule has 1 aromatic carbocycles. The molecule has 1 aliphatic heterocycles. The van der Waals surface area contributed by atoms with E-state index in [9.17, 15) is 19.8 Å². The molecule has 0 bridgehead atoms. The van der Waals surface area contributed by atoms with Crippen LogP contribution in [0.5, 0.6) is 5.75 Å². The van der Waals surface area contributed by atoms with Crippen LogP contribution in [-0.2, 0) is 4.74 Å². The molecule has 9 nitrogen and oxygen atoms in total. The average molecular weight is 557 g/mol. The van der Waals surface area contributed by atoms with E-state index in [0.717, 1.165) is 0 Å². The summed E-state index contributed by atoms with van der Waals surface area (Å²) in [7, 11) is 0. The van der Waals surface area contributed by atoms with Crippen molar-refractivity contribution in [3.05, 3.63) is 82.0 Å². The fourth-order valence-electron chi connectivity index (χ4n) is 7.70. The number of fused-ring (bicyclic) bond motifs is 4. The summed E-state index contributed by atoms with van der Waals surface area (Å²) in [5, 5.41) is 31.9. The van der Waals surface area contributed by atoms with Crippen LogP contribution in [0.1, 0.15) is 67.6 Å². The van der Waals surface area contributed by atoms with Crippen LogP contribution < -0.4 is 10.4 Å². The topological polar surface area (TPSA) is 143 Å². The smallest absolute Gasteiger partial charge is 0.345 e. The molecule has 0 saturated heterocycles. The highest BCUT2D eigenvalue weighted by Crippen LogP contribution is 2.64. The van der Waals surface area contributed by atoms with Gasteiger partial charge in [0.2, 0.25) is 0 Å². The van der Waals surface area contributed by atoms with Gasteiger partial charge in [0.15, 0.2) is 0 Å². The molecule has 0 spiro atoms. The lowest BCUT2D eigenvalue weighted by Gasteiger charge is -2.63. The van der Waals surface area contributed by atoms with E-state index >= 15 is 0 Å². The lowest BCUT2D eigenvalue weighted by Crippen LogP contribution is -2.69. The standard InChI is InChI=1S/C32H32N2O7/c1-17-21-13-25(40-29(37)19-8-6-18(15-33)7-9-19)32(3)28(31(21,2)11-10-22(17)35)27(36)26-24(41-32)14-23(39-30(26)38)20-5-4-12-34-16-20/h4-9,12,14,16-17,21-22,25,27-28,35-36H,10-11,13H2,1-3H3/t17-,21?,22+,25+,27+,28?,31+,32-/m1/s1. The second kappa shape index (κ2) is 9.82. The first-order valence-corrected chi connectivity index (χ1v) is 13.9. The quantitative estimate of drug-likeness (QED) is 0.448. The fraction of sp³-hybridized carbons (Fsp3) is 0.438. The van der Waals surface area contributed by atoms with Crippen molar-refractivity contribution in [1.29, 1.82) is 5.26 Å². The summed E-state index contributed by atoms with van der Waals surface area (Å²) in [5.41, 5.74) is -1.11. The first-order valence-electron chi connectivity index (χ1n) is 13.9. The van der Waals surface area contributed by atoms with Gasteiger partial charge in [-0.1, -0.05) is 13.8 Å². The van der Waals surface area contributed by atoms with Crippen molar-refractivity contribution in [1.82, 2.24) is 4.98 Å². The van der Waals surface area contributed by atoms with Crippen LogP contribution in [0.25, 0.3) is 11.3 Å². The number of hydrogen-bond donors (Lipinski definition) is 2. The van der Waals surface area contributed by atoms with Crippen molar-refractivity contribution >= 4 is 5.97 Å². The fourth-order valence-corrected chi connectivity index (χ4v) is 7.70. The van der Waals surface area contributed by atoms with E-state index in [2.05, 4.69) is 11.9 Å². The van der Waals surface area contributed by atoms with Crippen molar-refractivity contribution in [2.75, 3.05) is 0 Å². The Balaban J connectivity index is 1.46. The third kappa shape index (κ3) is 4.25.